The summed E-state index contributed by atoms with van der Waals surface area (Å²) in [5, 5.41) is 12.2. The summed E-state index contributed by atoms with van der Waals surface area (Å²) in [6.45, 7) is 16.3. The monoisotopic (exact) mass is 663 g/mol. The standard InChI is InChI=1S/C38H66NO6P/c1-9-10-11-14-28-38(37(41)42,30-36(8)40)39-46(43,44)45-29-18-27-35(7)26-17-24-33(5)21-13-12-20-32(4)23-16-25-34(6)22-15-19-31(2)3/h19-21,25-26H,9-18,22-24,27-30H2,1-8H3,(H,41,42)(H2,39,43,44)/b32-20+,33-21+,34-25+,35-26+. The Morgan fingerprint density at radius 1 is 0.696 bits per heavy atom. The summed E-state index contributed by atoms with van der Waals surface area (Å²) in [6.07, 6.45) is 24.3. The van der Waals surface area contributed by atoms with Crippen LogP contribution in [0.3, 0.4) is 0 Å². The van der Waals surface area contributed by atoms with Crippen LogP contribution in [0.1, 0.15) is 158 Å². The molecule has 0 spiro atoms. The van der Waals surface area contributed by atoms with Gasteiger partial charge in [0.15, 0.2) is 0 Å². The van der Waals surface area contributed by atoms with Crippen LogP contribution in [0.5, 0.6) is 0 Å². The maximum absolute atomic E-state index is 12.8. The molecule has 0 aliphatic heterocycles. The second-order valence-corrected chi connectivity index (χ2v) is 14.8. The lowest BCUT2D eigenvalue weighted by molar-refractivity contribution is -0.146. The molecule has 0 heterocycles. The minimum absolute atomic E-state index is 0.00952. The van der Waals surface area contributed by atoms with E-state index >= 15 is 0 Å². The number of ketones is 1. The van der Waals surface area contributed by atoms with Crippen LogP contribution >= 0.6 is 7.75 Å². The first kappa shape index (κ1) is 43.9. The van der Waals surface area contributed by atoms with Crippen LogP contribution in [0, 0.1) is 0 Å². The fourth-order valence-electron chi connectivity index (χ4n) is 5.28. The van der Waals surface area contributed by atoms with E-state index in [-0.39, 0.29) is 25.2 Å². The number of unbranched alkanes of at least 4 members (excludes halogenated alkanes) is 4. The molecule has 8 heteroatoms. The number of rotatable bonds is 27. The molecule has 0 aromatic rings. The molecular formula is C38H66NO6P. The maximum Gasteiger partial charge on any atom is 0.403 e. The van der Waals surface area contributed by atoms with Crippen LogP contribution < -0.4 is 5.09 Å². The van der Waals surface area contributed by atoms with E-state index in [1.165, 1.54) is 34.8 Å². The van der Waals surface area contributed by atoms with Crippen molar-refractivity contribution < 1.29 is 28.7 Å². The summed E-state index contributed by atoms with van der Waals surface area (Å²) in [4.78, 5) is 34.4. The minimum Gasteiger partial charge on any atom is -0.480 e. The second-order valence-electron chi connectivity index (χ2n) is 13.3. The largest absolute Gasteiger partial charge is 0.480 e. The predicted octanol–water partition coefficient (Wildman–Crippen LogP) is 11.1. The molecule has 7 nitrogen and oxygen atoms in total. The number of hydrogen-bond acceptors (Lipinski definition) is 4. The highest BCUT2D eigenvalue weighted by atomic mass is 31.2. The summed E-state index contributed by atoms with van der Waals surface area (Å²) in [6, 6.07) is 0. The first-order valence-electron chi connectivity index (χ1n) is 17.4. The quantitative estimate of drug-likeness (QED) is 0.0455. The number of carbonyl (C=O) groups is 2. The topological polar surface area (TPSA) is 113 Å². The summed E-state index contributed by atoms with van der Waals surface area (Å²) in [5.41, 5.74) is 5.06. The molecule has 0 bridgehead atoms. The third-order valence-corrected chi connectivity index (χ3v) is 9.30. The number of carbonyl (C=O) groups excluding carboxylic acids is 1. The number of allylic oxidation sites excluding steroid dienone is 10. The first-order chi connectivity index (χ1) is 21.6. The fourth-order valence-corrected chi connectivity index (χ4v) is 6.55. The van der Waals surface area contributed by atoms with E-state index in [2.05, 4.69) is 70.1 Å². The van der Waals surface area contributed by atoms with Crippen molar-refractivity contribution in [2.45, 2.75) is 164 Å². The molecule has 0 rings (SSSR count). The van der Waals surface area contributed by atoms with Gasteiger partial charge < -0.3 is 10.00 Å². The van der Waals surface area contributed by atoms with E-state index in [0.717, 1.165) is 70.6 Å². The van der Waals surface area contributed by atoms with Crippen molar-refractivity contribution in [1.82, 2.24) is 5.09 Å². The van der Waals surface area contributed by atoms with Crippen molar-refractivity contribution in [1.29, 1.82) is 0 Å². The molecule has 0 aliphatic rings. The Morgan fingerprint density at radius 2 is 1.17 bits per heavy atom. The van der Waals surface area contributed by atoms with Gasteiger partial charge in [0.25, 0.3) is 0 Å². The van der Waals surface area contributed by atoms with Crippen LogP contribution in [0.25, 0.3) is 0 Å². The van der Waals surface area contributed by atoms with E-state index < -0.39 is 19.3 Å². The van der Waals surface area contributed by atoms with Crippen molar-refractivity contribution in [2.24, 2.45) is 0 Å². The van der Waals surface area contributed by atoms with Gasteiger partial charge in [-0.2, -0.15) is 0 Å². The fraction of sp³-hybridized carbons (Fsp3) is 0.684. The van der Waals surface area contributed by atoms with E-state index in [1.54, 1.807) is 0 Å². The SMILES string of the molecule is CCCCCCC(CC(C)=O)(NP(=O)(O)OCCC/C(C)=C/CC/C(C)=C/CC/C=C(\C)CC/C=C(\C)CCC=C(C)C)C(=O)O. The van der Waals surface area contributed by atoms with E-state index in [9.17, 15) is 24.2 Å². The van der Waals surface area contributed by atoms with Gasteiger partial charge in [0.2, 0.25) is 0 Å². The van der Waals surface area contributed by atoms with Crippen molar-refractivity contribution in [2.75, 3.05) is 6.61 Å². The van der Waals surface area contributed by atoms with E-state index in [1.807, 2.05) is 13.8 Å². The molecule has 0 amide bonds. The Hall–Kier alpha value is -2.05. The number of Topliss-reactive ketones (excluding diaryl/α,β-unsaturated/α-hetero) is 1. The number of carboxylic acids is 1. The predicted molar refractivity (Wildman–Crippen MR) is 194 cm³/mol. The molecule has 2 atom stereocenters. The molecule has 264 valence electrons. The molecule has 46 heavy (non-hydrogen) atoms. The van der Waals surface area contributed by atoms with Crippen molar-refractivity contribution in [3.8, 4) is 0 Å². The lowest BCUT2D eigenvalue weighted by Gasteiger charge is -2.31. The highest BCUT2D eigenvalue weighted by molar-refractivity contribution is 7.50. The maximum atomic E-state index is 12.8. The molecular weight excluding hydrogens is 597 g/mol. The number of aliphatic carboxylic acids is 1. The molecule has 0 aliphatic carbocycles. The minimum atomic E-state index is -4.43. The van der Waals surface area contributed by atoms with Gasteiger partial charge in [-0.25, -0.2) is 9.65 Å². The lowest BCUT2D eigenvalue weighted by Crippen LogP contribution is -2.52. The van der Waals surface area contributed by atoms with Crippen molar-refractivity contribution in [3.63, 3.8) is 0 Å². The zero-order chi connectivity index (χ0) is 35.0. The van der Waals surface area contributed by atoms with Gasteiger partial charge in [-0.15, -0.1) is 0 Å². The Morgan fingerprint density at radius 3 is 1.63 bits per heavy atom. The Kier molecular flexibility index (Phi) is 23.9. The van der Waals surface area contributed by atoms with Crippen LogP contribution in [-0.4, -0.2) is 33.9 Å². The van der Waals surface area contributed by atoms with Crippen LogP contribution in [0.4, 0.5) is 0 Å². The molecule has 0 saturated carbocycles. The average Bonchev–Trinajstić information content (AvgIpc) is 2.95. The van der Waals surface area contributed by atoms with Gasteiger partial charge in [-0.05, 0) is 119 Å². The van der Waals surface area contributed by atoms with E-state index in [0.29, 0.717) is 19.3 Å². The molecule has 2 unspecified atom stereocenters. The van der Waals surface area contributed by atoms with Gasteiger partial charge in [-0.3, -0.25) is 14.1 Å². The lowest BCUT2D eigenvalue weighted by atomic mass is 9.88. The number of hydrogen-bond donors (Lipinski definition) is 3. The summed E-state index contributed by atoms with van der Waals surface area (Å²) < 4.78 is 18.0. The van der Waals surface area contributed by atoms with E-state index in [4.69, 9.17) is 4.52 Å². The highest BCUT2D eigenvalue weighted by Gasteiger charge is 2.44. The molecule has 0 radical (unpaired) electrons. The van der Waals surface area contributed by atoms with Crippen LogP contribution in [-0.2, 0) is 18.7 Å². The van der Waals surface area contributed by atoms with Gasteiger partial charge in [-0.1, -0.05) is 90.9 Å². The van der Waals surface area contributed by atoms with Gasteiger partial charge in [0, 0.05) is 6.42 Å². The van der Waals surface area contributed by atoms with Gasteiger partial charge >= 0.3 is 13.7 Å². The van der Waals surface area contributed by atoms with Crippen LogP contribution in [0.2, 0.25) is 0 Å². The summed E-state index contributed by atoms with van der Waals surface area (Å²) >= 11 is 0. The smallest absolute Gasteiger partial charge is 0.403 e. The molecule has 0 fully saturated rings. The normalized spacial score (nSPS) is 15.8. The Balaban J connectivity index is 4.55. The summed E-state index contributed by atoms with van der Waals surface area (Å²) in [7, 11) is -4.43. The molecule has 0 aromatic carbocycles. The number of carboxylic acid groups (broad SMARTS) is 1. The van der Waals surface area contributed by atoms with Crippen molar-refractivity contribution in [3.05, 3.63) is 58.2 Å². The Bertz CT molecular complexity index is 1110. The molecule has 0 aromatic heterocycles. The third-order valence-electron chi connectivity index (χ3n) is 8.06. The molecule has 3 N–H and O–H groups in total. The zero-order valence-corrected chi connectivity index (χ0v) is 31.3. The number of nitrogens with one attached hydrogen (secondary N) is 1. The average molecular weight is 664 g/mol. The zero-order valence-electron chi connectivity index (χ0n) is 30.4. The Labute approximate surface area is 281 Å². The third kappa shape index (κ3) is 23.3. The molecule has 0 saturated heterocycles. The van der Waals surface area contributed by atoms with Gasteiger partial charge in [0.05, 0.1) is 6.61 Å². The highest BCUT2D eigenvalue weighted by Crippen LogP contribution is 2.42. The second kappa shape index (κ2) is 25.0. The van der Waals surface area contributed by atoms with Crippen LogP contribution in [0.15, 0.2) is 58.2 Å². The summed E-state index contributed by atoms with van der Waals surface area (Å²) in [5.74, 6) is -1.68. The first-order valence-corrected chi connectivity index (χ1v) is 19.0. The van der Waals surface area contributed by atoms with Gasteiger partial charge in [0.1, 0.15) is 11.3 Å². The van der Waals surface area contributed by atoms with Crippen molar-refractivity contribution >= 4 is 19.5 Å².